The number of carbonyl (C=O) groups is 1. The number of fused-ring (bicyclic) bond motifs is 1. The zero-order valence-electron chi connectivity index (χ0n) is 23.0. The quantitative estimate of drug-likeness (QED) is 0.159. The molecule has 0 aliphatic carbocycles. The maximum Gasteiger partial charge on any atom is 0.311 e. The van der Waals surface area contributed by atoms with Gasteiger partial charge in [-0.3, -0.25) is 20.2 Å². The summed E-state index contributed by atoms with van der Waals surface area (Å²) in [6.07, 6.45) is 0. The Labute approximate surface area is 237 Å². The van der Waals surface area contributed by atoms with Gasteiger partial charge in [0.05, 0.1) is 17.2 Å². The second-order valence-electron chi connectivity index (χ2n) is 9.07. The van der Waals surface area contributed by atoms with Crippen LogP contribution in [0.1, 0.15) is 42.3 Å². The van der Waals surface area contributed by atoms with Crippen molar-refractivity contribution in [2.24, 2.45) is 0 Å². The monoisotopic (exact) mass is 561 g/mol. The van der Waals surface area contributed by atoms with E-state index in [0.717, 1.165) is 41.7 Å². The number of amides is 1. The Morgan fingerprint density at radius 1 is 1.02 bits per heavy atom. The Hall–Kier alpha value is -4.58. The van der Waals surface area contributed by atoms with Gasteiger partial charge in [0.1, 0.15) is 11.0 Å². The van der Waals surface area contributed by atoms with Gasteiger partial charge >= 0.3 is 5.69 Å². The van der Waals surface area contributed by atoms with Crippen LogP contribution in [0.5, 0.6) is 5.75 Å². The Bertz CT molecular complexity index is 1600. The van der Waals surface area contributed by atoms with Crippen molar-refractivity contribution in [3.63, 3.8) is 0 Å². The molecule has 208 valence electrons. The van der Waals surface area contributed by atoms with E-state index >= 15 is 0 Å². The summed E-state index contributed by atoms with van der Waals surface area (Å²) in [5, 5.41) is 26.4. The summed E-state index contributed by atoms with van der Waals surface area (Å²) >= 11 is 5.35. The average Bonchev–Trinajstić information content (AvgIpc) is 3.32. The van der Waals surface area contributed by atoms with E-state index in [0.29, 0.717) is 16.7 Å². The summed E-state index contributed by atoms with van der Waals surface area (Å²) in [5.74, 6) is -0.492. The minimum absolute atomic E-state index is 0.0409. The van der Waals surface area contributed by atoms with E-state index in [4.69, 9.17) is 17.0 Å². The number of nitro groups is 1. The lowest BCUT2D eigenvalue weighted by Gasteiger charge is -2.22. The number of thiocarbonyl (C=S) groups is 1. The molecule has 0 fully saturated rings. The van der Waals surface area contributed by atoms with Crippen molar-refractivity contribution >= 4 is 51.3 Å². The Balaban J connectivity index is 1.52. The molecule has 1 amide bonds. The normalized spacial score (nSPS) is 10.8. The van der Waals surface area contributed by atoms with Gasteiger partial charge in [-0.25, -0.2) is 0 Å². The fraction of sp³-hybridized carbons (Fsp3) is 0.286. The largest absolute Gasteiger partial charge is 0.487 e. The number of carbonyl (C=O) groups excluding carboxylic acids is 1. The number of nitro benzene ring substituents is 1. The first-order valence-electron chi connectivity index (χ1n) is 12.9. The molecule has 1 heterocycles. The SMILES string of the molecule is CCOc1ccc(C(=O)NC(=S)Nc2cc3nn(-c4ccc(N(CC)CC)cc4C)nc3cc2C)cc1[N+](=O)[O-]. The molecular weight excluding hydrogens is 530 g/mol. The van der Waals surface area contributed by atoms with Gasteiger partial charge < -0.3 is 15.0 Å². The Kier molecular flexibility index (Phi) is 8.58. The molecule has 0 saturated carbocycles. The summed E-state index contributed by atoms with van der Waals surface area (Å²) in [5.41, 5.74) is 5.74. The van der Waals surface area contributed by atoms with E-state index in [1.807, 2.05) is 32.0 Å². The van der Waals surface area contributed by atoms with Crippen molar-refractivity contribution in [3.05, 3.63) is 75.3 Å². The van der Waals surface area contributed by atoms with Crippen molar-refractivity contribution in [3.8, 4) is 11.4 Å². The lowest BCUT2D eigenvalue weighted by Crippen LogP contribution is -2.34. The third-order valence-corrected chi connectivity index (χ3v) is 6.65. The van der Waals surface area contributed by atoms with Crippen LogP contribution in [0.2, 0.25) is 0 Å². The molecule has 4 rings (SSSR count). The van der Waals surface area contributed by atoms with E-state index in [-0.39, 0.29) is 28.7 Å². The lowest BCUT2D eigenvalue weighted by molar-refractivity contribution is -0.385. The maximum absolute atomic E-state index is 12.8. The fourth-order valence-corrected chi connectivity index (χ4v) is 4.57. The predicted octanol–water partition coefficient (Wildman–Crippen LogP) is 5.32. The highest BCUT2D eigenvalue weighted by molar-refractivity contribution is 7.80. The molecule has 0 spiro atoms. The molecule has 0 aliphatic rings. The second-order valence-corrected chi connectivity index (χ2v) is 9.48. The number of aryl methyl sites for hydroxylation is 2. The van der Waals surface area contributed by atoms with E-state index in [1.165, 1.54) is 12.1 Å². The Morgan fingerprint density at radius 3 is 2.35 bits per heavy atom. The van der Waals surface area contributed by atoms with Crippen molar-refractivity contribution in [1.29, 1.82) is 0 Å². The summed E-state index contributed by atoms with van der Waals surface area (Å²) in [4.78, 5) is 27.5. The molecular formula is C28H31N7O4S. The van der Waals surface area contributed by atoms with Crippen LogP contribution in [0.25, 0.3) is 16.7 Å². The van der Waals surface area contributed by atoms with Crippen LogP contribution in [0, 0.1) is 24.0 Å². The van der Waals surface area contributed by atoms with Crippen LogP contribution >= 0.6 is 12.2 Å². The van der Waals surface area contributed by atoms with Gasteiger partial charge in [0.25, 0.3) is 5.91 Å². The van der Waals surface area contributed by atoms with Crippen molar-refractivity contribution in [1.82, 2.24) is 20.3 Å². The summed E-state index contributed by atoms with van der Waals surface area (Å²) in [6.45, 7) is 12.0. The molecule has 1 aromatic heterocycles. The van der Waals surface area contributed by atoms with Gasteiger partial charge in [0, 0.05) is 36.1 Å². The van der Waals surface area contributed by atoms with Gasteiger partial charge in [0.15, 0.2) is 10.9 Å². The van der Waals surface area contributed by atoms with Crippen LogP contribution in [-0.4, -0.2) is 50.6 Å². The number of nitrogens with zero attached hydrogens (tertiary/aromatic N) is 5. The summed E-state index contributed by atoms with van der Waals surface area (Å²) in [7, 11) is 0. The summed E-state index contributed by atoms with van der Waals surface area (Å²) in [6, 6.07) is 13.9. The van der Waals surface area contributed by atoms with Gasteiger partial charge in [-0.05, 0) is 100 Å². The first-order chi connectivity index (χ1) is 19.1. The number of hydrogen-bond donors (Lipinski definition) is 2. The molecule has 0 unspecified atom stereocenters. The van der Waals surface area contributed by atoms with Gasteiger partial charge in [-0.15, -0.1) is 10.2 Å². The summed E-state index contributed by atoms with van der Waals surface area (Å²) < 4.78 is 5.28. The van der Waals surface area contributed by atoms with Crippen LogP contribution in [0.4, 0.5) is 17.1 Å². The standard InChI is InChI=1S/C28H31N7O4S/c1-6-33(7-2)20-10-11-24(18(5)13-20)34-31-22-14-17(4)21(16-23(22)32-34)29-28(40)30-27(36)19-9-12-26(39-8-3)25(15-19)35(37)38/h9-16H,6-8H2,1-5H3,(H2,29,30,36,40). The van der Waals surface area contributed by atoms with Crippen LogP contribution in [-0.2, 0) is 0 Å². The molecule has 0 radical (unpaired) electrons. The molecule has 11 nitrogen and oxygen atoms in total. The highest BCUT2D eigenvalue weighted by Crippen LogP contribution is 2.28. The van der Waals surface area contributed by atoms with Crippen LogP contribution in [0.15, 0.2) is 48.5 Å². The van der Waals surface area contributed by atoms with E-state index in [1.54, 1.807) is 11.7 Å². The number of anilines is 2. The first-order valence-corrected chi connectivity index (χ1v) is 13.3. The third-order valence-electron chi connectivity index (χ3n) is 6.44. The van der Waals surface area contributed by atoms with Crippen molar-refractivity contribution in [2.45, 2.75) is 34.6 Å². The van der Waals surface area contributed by atoms with Crippen molar-refractivity contribution in [2.75, 3.05) is 29.9 Å². The first kappa shape index (κ1) is 28.4. The fourth-order valence-electron chi connectivity index (χ4n) is 4.37. The smallest absolute Gasteiger partial charge is 0.311 e. The highest BCUT2D eigenvalue weighted by atomic mass is 32.1. The van der Waals surface area contributed by atoms with Gasteiger partial charge in [-0.1, -0.05) is 0 Å². The average molecular weight is 562 g/mol. The minimum Gasteiger partial charge on any atom is -0.487 e. The number of ether oxygens (including phenoxy) is 1. The van der Waals surface area contributed by atoms with Crippen molar-refractivity contribution < 1.29 is 14.5 Å². The molecule has 0 aliphatic heterocycles. The van der Waals surface area contributed by atoms with Crippen LogP contribution < -0.4 is 20.3 Å². The zero-order chi connectivity index (χ0) is 29.0. The van der Waals surface area contributed by atoms with E-state index in [2.05, 4.69) is 51.7 Å². The van der Waals surface area contributed by atoms with E-state index in [9.17, 15) is 14.9 Å². The number of benzene rings is 3. The molecule has 2 N–H and O–H groups in total. The van der Waals surface area contributed by atoms with E-state index < -0.39 is 10.8 Å². The number of aromatic nitrogens is 3. The predicted molar refractivity (Wildman–Crippen MR) is 160 cm³/mol. The minimum atomic E-state index is -0.592. The lowest BCUT2D eigenvalue weighted by atomic mass is 10.1. The Morgan fingerprint density at radius 2 is 1.73 bits per heavy atom. The molecule has 4 aromatic rings. The van der Waals surface area contributed by atoms with Crippen LogP contribution in [0.3, 0.4) is 0 Å². The third kappa shape index (κ3) is 6.01. The second kappa shape index (κ2) is 12.1. The molecule has 0 bridgehead atoms. The molecule has 12 heteroatoms. The topological polar surface area (TPSA) is 127 Å². The molecule has 40 heavy (non-hydrogen) atoms. The van der Waals surface area contributed by atoms with Gasteiger partial charge in [0.2, 0.25) is 0 Å². The molecule has 0 saturated heterocycles. The maximum atomic E-state index is 12.8. The number of hydrogen-bond acceptors (Lipinski definition) is 8. The highest BCUT2D eigenvalue weighted by Gasteiger charge is 2.19. The number of rotatable bonds is 9. The molecule has 0 atom stereocenters. The number of nitrogens with one attached hydrogen (secondary N) is 2. The van der Waals surface area contributed by atoms with Gasteiger partial charge in [-0.2, -0.15) is 4.80 Å². The zero-order valence-corrected chi connectivity index (χ0v) is 23.8. The molecule has 3 aromatic carbocycles.